The van der Waals surface area contributed by atoms with Crippen LogP contribution in [-0.2, 0) is 4.57 Å². The molecule has 1 saturated heterocycles. The van der Waals surface area contributed by atoms with Crippen LogP contribution < -0.4 is 0 Å². The SMILES string of the molecule is C#CC1(C)CCCP(=O)(O)C1. The molecule has 2 atom stereocenters. The van der Waals surface area contributed by atoms with Gasteiger partial charge in [0.2, 0.25) is 7.37 Å². The van der Waals surface area contributed by atoms with Crippen LogP contribution in [-0.4, -0.2) is 17.2 Å². The molecule has 11 heavy (non-hydrogen) atoms. The minimum Gasteiger partial charge on any atom is -0.344 e. The summed E-state index contributed by atoms with van der Waals surface area (Å²) in [5.41, 5.74) is -0.331. The van der Waals surface area contributed by atoms with Crippen molar-refractivity contribution in [3.05, 3.63) is 0 Å². The molecule has 1 aliphatic rings. The zero-order valence-electron chi connectivity index (χ0n) is 6.71. The molecule has 1 N–H and O–H groups in total. The Morgan fingerprint density at radius 3 is 2.73 bits per heavy atom. The van der Waals surface area contributed by atoms with Gasteiger partial charge in [-0.1, -0.05) is 5.92 Å². The van der Waals surface area contributed by atoms with E-state index in [0.29, 0.717) is 12.3 Å². The van der Waals surface area contributed by atoms with Crippen LogP contribution in [0, 0.1) is 17.8 Å². The minimum absolute atomic E-state index is 0.302. The summed E-state index contributed by atoms with van der Waals surface area (Å²) in [6.45, 7) is 1.88. The fourth-order valence-electron chi connectivity index (χ4n) is 1.54. The van der Waals surface area contributed by atoms with Crippen LogP contribution >= 0.6 is 7.37 Å². The van der Waals surface area contributed by atoms with Crippen molar-refractivity contribution in [2.45, 2.75) is 19.8 Å². The molecule has 2 nitrogen and oxygen atoms in total. The van der Waals surface area contributed by atoms with Crippen LogP contribution in [0.4, 0.5) is 0 Å². The lowest BCUT2D eigenvalue weighted by Gasteiger charge is -2.31. The first-order valence-electron chi connectivity index (χ1n) is 3.76. The maximum absolute atomic E-state index is 11.3. The van der Waals surface area contributed by atoms with E-state index in [1.807, 2.05) is 6.92 Å². The number of hydrogen-bond acceptors (Lipinski definition) is 1. The topological polar surface area (TPSA) is 37.3 Å². The zero-order valence-corrected chi connectivity index (χ0v) is 7.60. The van der Waals surface area contributed by atoms with E-state index in [1.54, 1.807) is 0 Å². The second kappa shape index (κ2) is 2.66. The fourth-order valence-corrected chi connectivity index (χ4v) is 3.69. The first kappa shape index (κ1) is 8.84. The molecular weight excluding hydrogens is 159 g/mol. The van der Waals surface area contributed by atoms with E-state index >= 15 is 0 Å². The van der Waals surface area contributed by atoms with Gasteiger partial charge >= 0.3 is 0 Å². The Balaban J connectivity index is 2.77. The summed E-state index contributed by atoms with van der Waals surface area (Å²) in [5, 5.41) is 0. The summed E-state index contributed by atoms with van der Waals surface area (Å²) < 4.78 is 11.3. The highest BCUT2D eigenvalue weighted by atomic mass is 31.2. The Kier molecular flexibility index (Phi) is 2.14. The van der Waals surface area contributed by atoms with Gasteiger partial charge in [-0.3, -0.25) is 4.57 Å². The average molecular weight is 172 g/mol. The predicted molar refractivity (Wildman–Crippen MR) is 45.7 cm³/mol. The van der Waals surface area contributed by atoms with E-state index in [0.717, 1.165) is 12.8 Å². The molecule has 2 unspecified atom stereocenters. The lowest BCUT2D eigenvalue weighted by Crippen LogP contribution is -2.24. The molecule has 1 rings (SSSR count). The first-order valence-corrected chi connectivity index (χ1v) is 5.79. The van der Waals surface area contributed by atoms with Crippen LogP contribution in [0.2, 0.25) is 0 Å². The molecule has 0 saturated carbocycles. The molecule has 0 aliphatic carbocycles. The van der Waals surface area contributed by atoms with Gasteiger partial charge < -0.3 is 4.89 Å². The second-order valence-corrected chi connectivity index (χ2v) is 5.99. The largest absolute Gasteiger partial charge is 0.344 e. The van der Waals surface area contributed by atoms with Gasteiger partial charge in [0.25, 0.3) is 0 Å². The minimum atomic E-state index is -2.87. The van der Waals surface area contributed by atoms with Crippen molar-refractivity contribution in [1.82, 2.24) is 0 Å². The lowest BCUT2D eigenvalue weighted by molar-refractivity contribution is 0.385. The molecule has 0 aromatic heterocycles. The Morgan fingerprint density at radius 1 is 1.73 bits per heavy atom. The zero-order chi connectivity index (χ0) is 8.54. The van der Waals surface area contributed by atoms with E-state index in [4.69, 9.17) is 6.42 Å². The van der Waals surface area contributed by atoms with Gasteiger partial charge in [0.1, 0.15) is 0 Å². The average Bonchev–Trinajstić information content (AvgIpc) is 1.85. The molecule has 1 fully saturated rings. The Bertz CT molecular complexity index is 241. The molecule has 62 valence electrons. The maximum Gasteiger partial charge on any atom is 0.202 e. The van der Waals surface area contributed by atoms with E-state index in [2.05, 4.69) is 5.92 Å². The predicted octanol–water partition coefficient (Wildman–Crippen LogP) is 1.69. The molecule has 0 amide bonds. The van der Waals surface area contributed by atoms with Crippen molar-refractivity contribution in [3.8, 4) is 12.3 Å². The normalized spacial score (nSPS) is 44.8. The number of terminal acetylenes is 1. The number of rotatable bonds is 0. The van der Waals surface area contributed by atoms with Gasteiger partial charge in [0.05, 0.1) is 0 Å². The van der Waals surface area contributed by atoms with Crippen molar-refractivity contribution in [2.24, 2.45) is 5.41 Å². The van der Waals surface area contributed by atoms with E-state index < -0.39 is 7.37 Å². The van der Waals surface area contributed by atoms with Crippen molar-refractivity contribution in [2.75, 3.05) is 12.3 Å². The Labute approximate surface area is 67.5 Å². The van der Waals surface area contributed by atoms with Crippen LogP contribution in [0.15, 0.2) is 0 Å². The summed E-state index contributed by atoms with van der Waals surface area (Å²) in [7, 11) is -2.87. The van der Waals surface area contributed by atoms with Gasteiger partial charge in [-0.05, 0) is 19.8 Å². The smallest absolute Gasteiger partial charge is 0.202 e. The van der Waals surface area contributed by atoms with Crippen molar-refractivity contribution in [3.63, 3.8) is 0 Å². The third-order valence-corrected chi connectivity index (χ3v) is 4.39. The molecule has 3 heteroatoms. The van der Waals surface area contributed by atoms with Crippen LogP contribution in [0.5, 0.6) is 0 Å². The van der Waals surface area contributed by atoms with Crippen LogP contribution in [0.1, 0.15) is 19.8 Å². The standard InChI is InChI=1S/C8H13O2P/c1-3-8(2)5-4-6-11(9,10)7-8/h1H,4-7H2,2H3,(H,9,10). The molecule has 0 aromatic carbocycles. The van der Waals surface area contributed by atoms with Gasteiger partial charge in [0.15, 0.2) is 0 Å². The van der Waals surface area contributed by atoms with Crippen LogP contribution in [0.3, 0.4) is 0 Å². The van der Waals surface area contributed by atoms with Gasteiger partial charge in [-0.15, -0.1) is 6.42 Å². The highest BCUT2D eigenvalue weighted by molar-refractivity contribution is 7.58. The van der Waals surface area contributed by atoms with Gasteiger partial charge in [-0.2, -0.15) is 0 Å². The molecule has 0 spiro atoms. The molecule has 1 aliphatic heterocycles. The van der Waals surface area contributed by atoms with Crippen molar-refractivity contribution in [1.29, 1.82) is 0 Å². The molecule has 1 heterocycles. The third-order valence-electron chi connectivity index (χ3n) is 2.18. The fraction of sp³-hybridized carbons (Fsp3) is 0.750. The van der Waals surface area contributed by atoms with E-state index in [1.165, 1.54) is 0 Å². The lowest BCUT2D eigenvalue weighted by atomic mass is 9.89. The van der Waals surface area contributed by atoms with E-state index in [9.17, 15) is 9.46 Å². The maximum atomic E-state index is 11.3. The van der Waals surface area contributed by atoms with Gasteiger partial charge in [0, 0.05) is 17.7 Å². The highest BCUT2D eigenvalue weighted by Gasteiger charge is 2.36. The quantitative estimate of drug-likeness (QED) is 0.446. The molecule has 0 aromatic rings. The summed E-state index contributed by atoms with van der Waals surface area (Å²) in [6.07, 6.45) is 7.70. The Morgan fingerprint density at radius 2 is 2.36 bits per heavy atom. The summed E-state index contributed by atoms with van der Waals surface area (Å²) in [6, 6.07) is 0. The highest BCUT2D eigenvalue weighted by Crippen LogP contribution is 2.52. The summed E-state index contributed by atoms with van der Waals surface area (Å²) >= 11 is 0. The molecule has 0 bridgehead atoms. The van der Waals surface area contributed by atoms with Gasteiger partial charge in [-0.25, -0.2) is 0 Å². The van der Waals surface area contributed by atoms with E-state index in [-0.39, 0.29) is 5.41 Å². The molecular formula is C8H13O2P. The Hall–Kier alpha value is -0.250. The van der Waals surface area contributed by atoms with Crippen LogP contribution in [0.25, 0.3) is 0 Å². The monoisotopic (exact) mass is 172 g/mol. The number of hydrogen-bond donors (Lipinski definition) is 1. The third kappa shape index (κ3) is 2.09. The second-order valence-electron chi connectivity index (χ2n) is 3.54. The summed E-state index contributed by atoms with van der Waals surface area (Å²) in [4.78, 5) is 9.30. The van der Waals surface area contributed by atoms with Crippen molar-refractivity contribution < 1.29 is 9.46 Å². The first-order chi connectivity index (χ1) is 4.97. The summed E-state index contributed by atoms with van der Waals surface area (Å²) in [5.74, 6) is 2.60. The van der Waals surface area contributed by atoms with Crippen molar-refractivity contribution >= 4 is 7.37 Å². The molecule has 0 radical (unpaired) electrons.